The molecule has 0 radical (unpaired) electrons. The Hall–Kier alpha value is -1.57. The molecule has 2 aromatic rings. The van der Waals surface area contributed by atoms with Gasteiger partial charge in [0, 0.05) is 6.42 Å². The minimum absolute atomic E-state index is 1.17. The van der Waals surface area contributed by atoms with Crippen molar-refractivity contribution in [3.63, 3.8) is 0 Å². The van der Waals surface area contributed by atoms with E-state index in [2.05, 4.69) is 65.7 Å². The van der Waals surface area contributed by atoms with Gasteiger partial charge in [-0.1, -0.05) is 141 Å². The summed E-state index contributed by atoms with van der Waals surface area (Å²) in [5, 5.41) is 0. The van der Waals surface area contributed by atoms with Gasteiger partial charge in [0.05, 0.1) is 6.54 Å². The molecule has 0 aliphatic heterocycles. The van der Waals surface area contributed by atoms with E-state index in [0.717, 1.165) is 0 Å². The van der Waals surface area contributed by atoms with E-state index in [4.69, 9.17) is 0 Å². The third-order valence-corrected chi connectivity index (χ3v) is 7.55. The van der Waals surface area contributed by atoms with Crippen LogP contribution in [0.3, 0.4) is 0 Å². The Morgan fingerprint density at radius 1 is 0.543 bits per heavy atom. The van der Waals surface area contributed by atoms with E-state index in [0.29, 0.717) is 0 Å². The summed E-state index contributed by atoms with van der Waals surface area (Å²) in [7, 11) is 0. The summed E-state index contributed by atoms with van der Waals surface area (Å²) in [6.07, 6.45) is 33.9. The van der Waals surface area contributed by atoms with Gasteiger partial charge in [-0.25, -0.2) is 4.57 Å². The van der Waals surface area contributed by atoms with Gasteiger partial charge in [0.15, 0.2) is 0 Å². The van der Waals surface area contributed by atoms with Gasteiger partial charge in [-0.15, -0.1) is 0 Å². The van der Waals surface area contributed by atoms with Crippen LogP contribution in [0.25, 0.3) is 5.69 Å². The van der Waals surface area contributed by atoms with Crippen LogP contribution >= 0.6 is 0 Å². The summed E-state index contributed by atoms with van der Waals surface area (Å²) in [6, 6.07) is 10.9. The molecule has 2 heteroatoms. The second-order valence-electron chi connectivity index (χ2n) is 10.7. The fourth-order valence-electron chi connectivity index (χ4n) is 5.29. The zero-order chi connectivity index (χ0) is 24.8. The molecule has 1 aromatic carbocycles. The Morgan fingerprint density at radius 3 is 1.51 bits per heavy atom. The predicted octanol–water partition coefficient (Wildman–Crippen LogP) is 10.1. The van der Waals surface area contributed by atoms with Crippen LogP contribution in [0, 0.1) is 0 Å². The van der Waals surface area contributed by atoms with Crippen LogP contribution in [0.5, 0.6) is 0 Å². The molecule has 0 atom stereocenters. The van der Waals surface area contributed by atoms with E-state index in [1.807, 2.05) is 0 Å². The number of aromatic nitrogens is 2. The first-order valence-corrected chi connectivity index (χ1v) is 15.5. The van der Waals surface area contributed by atoms with E-state index in [1.54, 1.807) is 0 Å². The largest absolute Gasteiger partial charge is 0.261 e. The summed E-state index contributed by atoms with van der Waals surface area (Å²) in [4.78, 5) is 0. The maximum absolute atomic E-state index is 2.55. The van der Waals surface area contributed by atoms with Crippen molar-refractivity contribution in [2.24, 2.45) is 0 Å². The van der Waals surface area contributed by atoms with Crippen LogP contribution in [0.1, 0.15) is 148 Å². The highest BCUT2D eigenvalue weighted by Gasteiger charge is 2.18. The van der Waals surface area contributed by atoms with Crippen LogP contribution in [-0.4, -0.2) is 4.57 Å². The van der Waals surface area contributed by atoms with Crippen molar-refractivity contribution in [2.45, 2.75) is 155 Å². The standard InChI is InChI=1S/C33H57N2/c1-3-5-7-9-11-13-15-17-19-24-28-33-34(30-31-35(33)32-26-22-21-23-27-32)29-25-20-18-16-14-12-10-8-6-4-2/h21-23,26-27,30-31H,3-20,24-25,28-29H2,1-2H3/q+1. The van der Waals surface area contributed by atoms with Gasteiger partial charge in [0.2, 0.25) is 0 Å². The number of hydrogen-bond donors (Lipinski definition) is 0. The number of rotatable bonds is 23. The fourth-order valence-corrected chi connectivity index (χ4v) is 5.29. The smallest absolute Gasteiger partial charge is 0.234 e. The Morgan fingerprint density at radius 2 is 1.00 bits per heavy atom. The quantitative estimate of drug-likeness (QED) is 0.110. The lowest BCUT2D eigenvalue weighted by atomic mass is 10.1. The maximum atomic E-state index is 2.55. The topological polar surface area (TPSA) is 8.81 Å². The third-order valence-electron chi connectivity index (χ3n) is 7.55. The second kappa shape index (κ2) is 20.6. The average molecular weight is 482 g/mol. The van der Waals surface area contributed by atoms with Crippen molar-refractivity contribution < 1.29 is 4.57 Å². The highest BCUT2D eigenvalue weighted by atomic mass is 15.1. The number of imidazole rings is 1. The zero-order valence-electron chi connectivity index (χ0n) is 23.5. The number of hydrogen-bond acceptors (Lipinski definition) is 0. The SMILES string of the molecule is CCCCCCCCCCCCc1n(-c2ccccc2)cc[n+]1CCCCCCCCCCCC. The molecule has 0 saturated carbocycles. The molecular formula is C33H57N2+. The number of aryl methyl sites for hydroxylation is 1. The Bertz CT molecular complexity index is 718. The first kappa shape index (κ1) is 29.7. The van der Waals surface area contributed by atoms with Gasteiger partial charge in [0.25, 0.3) is 5.82 Å². The summed E-state index contributed by atoms with van der Waals surface area (Å²) in [5.41, 5.74) is 1.30. The third kappa shape index (κ3) is 13.3. The lowest BCUT2D eigenvalue weighted by molar-refractivity contribution is -0.704. The number of para-hydroxylation sites is 1. The molecular weight excluding hydrogens is 424 g/mol. The van der Waals surface area contributed by atoms with E-state index < -0.39 is 0 Å². The molecule has 2 rings (SSSR count). The van der Waals surface area contributed by atoms with Crippen LogP contribution in [-0.2, 0) is 13.0 Å². The molecule has 0 bridgehead atoms. The van der Waals surface area contributed by atoms with E-state index in [9.17, 15) is 0 Å². The molecule has 198 valence electrons. The van der Waals surface area contributed by atoms with E-state index in [1.165, 1.54) is 153 Å². The van der Waals surface area contributed by atoms with Crippen molar-refractivity contribution in [3.05, 3.63) is 48.5 Å². The number of benzene rings is 1. The predicted molar refractivity (Wildman–Crippen MR) is 153 cm³/mol. The molecule has 0 aliphatic rings. The minimum atomic E-state index is 1.17. The van der Waals surface area contributed by atoms with Crippen molar-refractivity contribution >= 4 is 0 Å². The van der Waals surface area contributed by atoms with E-state index >= 15 is 0 Å². The summed E-state index contributed by atoms with van der Waals surface area (Å²) >= 11 is 0. The molecule has 0 amide bonds. The molecule has 0 spiro atoms. The van der Waals surface area contributed by atoms with Gasteiger partial charge in [0.1, 0.15) is 18.1 Å². The van der Waals surface area contributed by atoms with Crippen LogP contribution in [0.2, 0.25) is 0 Å². The summed E-state index contributed by atoms with van der Waals surface area (Å²) in [5.74, 6) is 1.49. The molecule has 35 heavy (non-hydrogen) atoms. The van der Waals surface area contributed by atoms with Crippen molar-refractivity contribution in [3.8, 4) is 5.69 Å². The Kier molecular flexibility index (Phi) is 17.5. The van der Waals surface area contributed by atoms with Crippen molar-refractivity contribution in [2.75, 3.05) is 0 Å². The van der Waals surface area contributed by atoms with Crippen molar-refractivity contribution in [1.82, 2.24) is 4.57 Å². The zero-order valence-corrected chi connectivity index (χ0v) is 23.5. The number of nitrogens with zero attached hydrogens (tertiary/aromatic N) is 2. The monoisotopic (exact) mass is 481 g/mol. The minimum Gasteiger partial charge on any atom is -0.234 e. The molecule has 1 aromatic heterocycles. The molecule has 0 saturated heterocycles. The lowest BCUT2D eigenvalue weighted by Gasteiger charge is -2.07. The number of unbranched alkanes of at least 4 members (excludes halogenated alkanes) is 18. The average Bonchev–Trinajstić information content (AvgIpc) is 3.29. The Labute approximate surface area is 218 Å². The molecule has 0 aliphatic carbocycles. The van der Waals surface area contributed by atoms with E-state index in [-0.39, 0.29) is 0 Å². The second-order valence-corrected chi connectivity index (χ2v) is 10.7. The maximum Gasteiger partial charge on any atom is 0.261 e. The molecule has 0 fully saturated rings. The highest BCUT2D eigenvalue weighted by Crippen LogP contribution is 2.15. The van der Waals surface area contributed by atoms with Gasteiger partial charge in [-0.3, -0.25) is 0 Å². The first-order chi connectivity index (χ1) is 17.4. The van der Waals surface area contributed by atoms with Crippen molar-refractivity contribution in [1.29, 1.82) is 0 Å². The van der Waals surface area contributed by atoms with Crippen LogP contribution < -0.4 is 4.57 Å². The van der Waals surface area contributed by atoms with Gasteiger partial charge in [-0.2, -0.15) is 4.57 Å². The van der Waals surface area contributed by atoms with Crippen LogP contribution in [0.4, 0.5) is 0 Å². The Balaban J connectivity index is 1.70. The summed E-state index contributed by atoms with van der Waals surface area (Å²) in [6.45, 7) is 5.77. The normalized spacial score (nSPS) is 11.4. The first-order valence-electron chi connectivity index (χ1n) is 15.5. The van der Waals surface area contributed by atoms with Gasteiger partial charge in [-0.05, 0) is 31.4 Å². The van der Waals surface area contributed by atoms with Gasteiger partial charge >= 0.3 is 0 Å². The molecule has 2 nitrogen and oxygen atoms in total. The fraction of sp³-hybridized carbons (Fsp3) is 0.727. The molecule has 0 unspecified atom stereocenters. The molecule has 0 N–H and O–H groups in total. The highest BCUT2D eigenvalue weighted by molar-refractivity contribution is 5.31. The van der Waals surface area contributed by atoms with Crippen LogP contribution in [0.15, 0.2) is 42.7 Å². The van der Waals surface area contributed by atoms with Gasteiger partial charge < -0.3 is 0 Å². The molecule has 1 heterocycles. The summed E-state index contributed by atoms with van der Waals surface area (Å²) < 4.78 is 4.98. The lowest BCUT2D eigenvalue weighted by Crippen LogP contribution is -2.37.